The zero-order chi connectivity index (χ0) is 14.8. The van der Waals surface area contributed by atoms with Crippen molar-refractivity contribution in [3.63, 3.8) is 0 Å². The van der Waals surface area contributed by atoms with Crippen LogP contribution in [0.1, 0.15) is 31.4 Å². The molecule has 6 heteroatoms. The highest BCUT2D eigenvalue weighted by molar-refractivity contribution is 5.86. The zero-order valence-electron chi connectivity index (χ0n) is 11.2. The summed E-state index contributed by atoms with van der Waals surface area (Å²) in [6.45, 7) is 2.30. The molecule has 0 bridgehead atoms. The molecule has 110 valence electrons. The van der Waals surface area contributed by atoms with Gasteiger partial charge in [-0.1, -0.05) is 6.07 Å². The fourth-order valence-electron chi connectivity index (χ4n) is 2.40. The summed E-state index contributed by atoms with van der Waals surface area (Å²) >= 11 is 0. The van der Waals surface area contributed by atoms with E-state index in [1.54, 1.807) is 6.92 Å². The molecule has 1 aliphatic heterocycles. The highest BCUT2D eigenvalue weighted by Gasteiger charge is 2.36. The summed E-state index contributed by atoms with van der Waals surface area (Å²) in [5, 5.41) is 15.5. The van der Waals surface area contributed by atoms with E-state index in [4.69, 9.17) is 0 Å². The molecule has 2 atom stereocenters. The molecule has 20 heavy (non-hydrogen) atoms. The molecule has 0 saturated carbocycles. The van der Waals surface area contributed by atoms with Crippen LogP contribution in [0.3, 0.4) is 0 Å². The molecule has 0 spiro atoms. The number of hydrogen-bond donors (Lipinski definition) is 3. The van der Waals surface area contributed by atoms with Crippen LogP contribution in [0.4, 0.5) is 8.78 Å². The average Bonchev–Trinajstić information content (AvgIpc) is 2.84. The number of rotatable bonds is 4. The van der Waals surface area contributed by atoms with Crippen molar-refractivity contribution in [1.82, 2.24) is 10.6 Å². The van der Waals surface area contributed by atoms with Crippen molar-refractivity contribution >= 4 is 5.91 Å². The van der Waals surface area contributed by atoms with Crippen LogP contribution in [0.5, 0.6) is 0 Å². The van der Waals surface area contributed by atoms with Crippen LogP contribution >= 0.6 is 0 Å². The Morgan fingerprint density at radius 2 is 2.15 bits per heavy atom. The maximum absolute atomic E-state index is 13.5. The minimum absolute atomic E-state index is 0.228. The lowest BCUT2D eigenvalue weighted by Gasteiger charge is -2.24. The molecule has 4 nitrogen and oxygen atoms in total. The van der Waals surface area contributed by atoms with Crippen molar-refractivity contribution in [1.29, 1.82) is 0 Å². The Bertz CT molecular complexity index is 482. The van der Waals surface area contributed by atoms with Crippen LogP contribution < -0.4 is 10.6 Å². The molecule has 1 saturated heterocycles. The minimum Gasteiger partial charge on any atom is -0.386 e. The lowest BCUT2D eigenvalue weighted by Crippen LogP contribution is -2.51. The fourth-order valence-corrected chi connectivity index (χ4v) is 2.40. The van der Waals surface area contributed by atoms with Crippen molar-refractivity contribution in [2.45, 2.75) is 31.4 Å². The number of amides is 1. The third-order valence-corrected chi connectivity index (χ3v) is 3.66. The molecule has 2 rings (SSSR count). The number of aliphatic hydroxyl groups excluding tert-OH is 1. The summed E-state index contributed by atoms with van der Waals surface area (Å²) in [6.07, 6.45) is 0.183. The highest BCUT2D eigenvalue weighted by atomic mass is 19.1. The van der Waals surface area contributed by atoms with E-state index in [1.807, 2.05) is 0 Å². The minimum atomic E-state index is -1.41. The van der Waals surface area contributed by atoms with Crippen molar-refractivity contribution in [3.05, 3.63) is 35.4 Å². The first-order chi connectivity index (χ1) is 9.44. The summed E-state index contributed by atoms with van der Waals surface area (Å²) in [6, 6.07) is 3.37. The number of hydrogen-bond acceptors (Lipinski definition) is 3. The smallest absolute Gasteiger partial charge is 0.240 e. The lowest BCUT2D eigenvalue weighted by atomic mass is 9.99. The summed E-state index contributed by atoms with van der Waals surface area (Å²) in [4.78, 5) is 12.0. The van der Waals surface area contributed by atoms with Gasteiger partial charge in [-0.3, -0.25) is 4.79 Å². The SMILES string of the molecule is CC1(C(=O)NCC(O)c2c(F)cccc2F)CCCN1. The van der Waals surface area contributed by atoms with E-state index in [0.717, 1.165) is 25.1 Å². The van der Waals surface area contributed by atoms with E-state index in [2.05, 4.69) is 10.6 Å². The van der Waals surface area contributed by atoms with Gasteiger partial charge in [0.15, 0.2) is 0 Å². The quantitative estimate of drug-likeness (QED) is 0.780. The molecule has 1 heterocycles. The van der Waals surface area contributed by atoms with Gasteiger partial charge in [-0.25, -0.2) is 8.78 Å². The van der Waals surface area contributed by atoms with E-state index in [1.165, 1.54) is 6.07 Å². The van der Waals surface area contributed by atoms with Crippen LogP contribution in [-0.2, 0) is 4.79 Å². The second kappa shape index (κ2) is 5.85. The van der Waals surface area contributed by atoms with Gasteiger partial charge in [-0.2, -0.15) is 0 Å². The predicted octanol–water partition coefficient (Wildman–Crippen LogP) is 1.26. The maximum Gasteiger partial charge on any atom is 0.240 e. The van der Waals surface area contributed by atoms with Crippen molar-refractivity contribution in [2.24, 2.45) is 0 Å². The Morgan fingerprint density at radius 1 is 1.50 bits per heavy atom. The molecule has 1 aromatic carbocycles. The molecule has 1 aliphatic rings. The Kier molecular flexibility index (Phi) is 4.35. The van der Waals surface area contributed by atoms with Crippen LogP contribution in [0.15, 0.2) is 18.2 Å². The Morgan fingerprint density at radius 3 is 2.70 bits per heavy atom. The highest BCUT2D eigenvalue weighted by Crippen LogP contribution is 2.21. The van der Waals surface area contributed by atoms with Crippen LogP contribution in [0, 0.1) is 11.6 Å². The number of carbonyl (C=O) groups excluding carboxylic acids is 1. The van der Waals surface area contributed by atoms with E-state index in [0.29, 0.717) is 6.42 Å². The van der Waals surface area contributed by atoms with Gasteiger partial charge < -0.3 is 15.7 Å². The van der Waals surface area contributed by atoms with E-state index >= 15 is 0 Å². The lowest BCUT2D eigenvalue weighted by molar-refractivity contribution is -0.127. The summed E-state index contributed by atoms with van der Waals surface area (Å²) < 4.78 is 27.0. The molecule has 3 N–H and O–H groups in total. The number of halogens is 2. The Hall–Kier alpha value is -1.53. The van der Waals surface area contributed by atoms with Gasteiger partial charge in [-0.05, 0) is 38.4 Å². The van der Waals surface area contributed by atoms with Gasteiger partial charge in [0.05, 0.1) is 11.1 Å². The van der Waals surface area contributed by atoms with E-state index in [9.17, 15) is 18.7 Å². The average molecular weight is 284 g/mol. The number of aliphatic hydroxyl groups is 1. The standard InChI is InChI=1S/C14H18F2N2O2/c1-14(6-3-7-18-14)13(20)17-8-11(19)12-9(15)4-2-5-10(12)16/h2,4-5,11,18-19H,3,6-8H2,1H3,(H,17,20). The normalized spacial score (nSPS) is 23.6. The van der Waals surface area contributed by atoms with Gasteiger partial charge in [0.1, 0.15) is 17.7 Å². The molecule has 0 radical (unpaired) electrons. The van der Waals surface area contributed by atoms with Crippen molar-refractivity contribution < 1.29 is 18.7 Å². The second-order valence-corrected chi connectivity index (χ2v) is 5.22. The van der Waals surface area contributed by atoms with Crippen LogP contribution in [0.25, 0.3) is 0 Å². The maximum atomic E-state index is 13.5. The molecular formula is C14H18F2N2O2. The fraction of sp³-hybridized carbons (Fsp3) is 0.500. The largest absolute Gasteiger partial charge is 0.386 e. The second-order valence-electron chi connectivity index (χ2n) is 5.22. The molecule has 0 aliphatic carbocycles. The van der Waals surface area contributed by atoms with Crippen molar-refractivity contribution in [2.75, 3.05) is 13.1 Å². The molecule has 1 amide bonds. The zero-order valence-corrected chi connectivity index (χ0v) is 11.2. The van der Waals surface area contributed by atoms with E-state index < -0.39 is 28.8 Å². The summed E-state index contributed by atoms with van der Waals surface area (Å²) in [5.41, 5.74) is -1.09. The van der Waals surface area contributed by atoms with E-state index in [-0.39, 0.29) is 12.5 Å². The topological polar surface area (TPSA) is 61.4 Å². The van der Waals surface area contributed by atoms with Gasteiger partial charge in [0.2, 0.25) is 5.91 Å². The number of carbonyl (C=O) groups is 1. The number of benzene rings is 1. The van der Waals surface area contributed by atoms with Crippen molar-refractivity contribution in [3.8, 4) is 0 Å². The third kappa shape index (κ3) is 2.96. The van der Waals surface area contributed by atoms with Gasteiger partial charge in [-0.15, -0.1) is 0 Å². The molecule has 1 aromatic rings. The van der Waals surface area contributed by atoms with Gasteiger partial charge in [0, 0.05) is 6.54 Å². The first-order valence-corrected chi connectivity index (χ1v) is 6.59. The number of nitrogens with one attached hydrogen (secondary N) is 2. The van der Waals surface area contributed by atoms with Gasteiger partial charge >= 0.3 is 0 Å². The molecular weight excluding hydrogens is 266 g/mol. The summed E-state index contributed by atoms with van der Waals surface area (Å²) in [7, 11) is 0. The first kappa shape index (κ1) is 14.9. The Balaban J connectivity index is 1.98. The Labute approximate surface area is 116 Å². The monoisotopic (exact) mass is 284 g/mol. The van der Waals surface area contributed by atoms with Crippen LogP contribution in [-0.4, -0.2) is 29.6 Å². The molecule has 2 unspecified atom stereocenters. The third-order valence-electron chi connectivity index (χ3n) is 3.66. The predicted molar refractivity (Wildman–Crippen MR) is 70.0 cm³/mol. The summed E-state index contributed by atoms with van der Waals surface area (Å²) in [5.74, 6) is -1.92. The van der Waals surface area contributed by atoms with Gasteiger partial charge in [0.25, 0.3) is 0 Å². The molecule has 1 fully saturated rings. The first-order valence-electron chi connectivity index (χ1n) is 6.59. The van der Waals surface area contributed by atoms with Crippen LogP contribution in [0.2, 0.25) is 0 Å². The molecule has 0 aromatic heterocycles.